The van der Waals surface area contributed by atoms with E-state index in [-0.39, 0.29) is 18.1 Å². The minimum absolute atomic E-state index is 0.0137. The highest BCUT2D eigenvalue weighted by Gasteiger charge is 2.27. The summed E-state index contributed by atoms with van der Waals surface area (Å²) in [4.78, 5) is 18.3. The molecule has 1 aliphatic carbocycles. The number of carbonyl (C=O) groups excluding carboxylic acids is 1. The molecule has 0 amide bonds. The van der Waals surface area contributed by atoms with Gasteiger partial charge in [0.2, 0.25) is 0 Å². The molecule has 0 unspecified atom stereocenters. The molecule has 3 aromatic rings. The lowest BCUT2D eigenvalue weighted by Gasteiger charge is -2.19. The summed E-state index contributed by atoms with van der Waals surface area (Å²) >= 11 is 0. The van der Waals surface area contributed by atoms with Crippen LogP contribution in [-0.2, 0) is 11.4 Å². The number of phenolic OH excluding ortho intramolecular Hbond substituents is 1. The van der Waals surface area contributed by atoms with Crippen molar-refractivity contribution in [2.45, 2.75) is 6.61 Å². The third-order valence-corrected chi connectivity index (χ3v) is 4.48. The maximum Gasteiger partial charge on any atom is 0.194 e. The van der Waals surface area contributed by atoms with Crippen LogP contribution in [0.2, 0.25) is 0 Å². The minimum Gasteiger partial charge on any atom is -0.504 e. The predicted octanol–water partition coefficient (Wildman–Crippen LogP) is 3.91. The maximum atomic E-state index is 12.7. The van der Waals surface area contributed by atoms with Crippen LogP contribution in [0.25, 0.3) is 0 Å². The molecule has 0 saturated heterocycles. The molecule has 5 heteroatoms. The average molecular weight is 359 g/mol. The first-order valence-corrected chi connectivity index (χ1v) is 8.48. The van der Waals surface area contributed by atoms with E-state index in [0.29, 0.717) is 22.6 Å². The Kier molecular flexibility index (Phi) is 4.34. The topological polar surface area (TPSA) is 68.1 Å². The zero-order chi connectivity index (χ0) is 18.8. The molecule has 0 aliphatic heterocycles. The Hall–Kier alpha value is -3.60. The van der Waals surface area contributed by atoms with E-state index < -0.39 is 0 Å². The number of oxime groups is 1. The van der Waals surface area contributed by atoms with E-state index in [2.05, 4.69) is 5.16 Å². The molecular weight excluding hydrogens is 342 g/mol. The van der Waals surface area contributed by atoms with E-state index in [1.807, 2.05) is 36.4 Å². The highest BCUT2D eigenvalue weighted by atomic mass is 16.6. The van der Waals surface area contributed by atoms with Crippen LogP contribution in [0.3, 0.4) is 0 Å². The highest BCUT2D eigenvalue weighted by Crippen LogP contribution is 2.29. The Morgan fingerprint density at radius 1 is 0.889 bits per heavy atom. The summed E-state index contributed by atoms with van der Waals surface area (Å²) in [5.74, 6) is 0.434. The van der Waals surface area contributed by atoms with Crippen LogP contribution in [0.1, 0.15) is 32.6 Å². The average Bonchev–Trinajstić information content (AvgIpc) is 2.71. The molecule has 4 rings (SSSR count). The molecule has 0 fully saturated rings. The molecule has 0 heterocycles. The van der Waals surface area contributed by atoms with Gasteiger partial charge in [-0.25, -0.2) is 0 Å². The summed E-state index contributed by atoms with van der Waals surface area (Å²) in [6.07, 6.45) is 0. The summed E-state index contributed by atoms with van der Waals surface area (Å²) in [7, 11) is 1.50. The Morgan fingerprint density at radius 3 is 2.04 bits per heavy atom. The van der Waals surface area contributed by atoms with Crippen molar-refractivity contribution in [2.24, 2.45) is 5.16 Å². The Bertz CT molecular complexity index is 1000. The molecule has 0 atom stereocenters. The van der Waals surface area contributed by atoms with E-state index in [1.54, 1.807) is 30.3 Å². The van der Waals surface area contributed by atoms with Gasteiger partial charge in [-0.2, -0.15) is 0 Å². The van der Waals surface area contributed by atoms with E-state index in [9.17, 15) is 9.90 Å². The number of methoxy groups -OCH3 is 1. The molecule has 5 nitrogen and oxygen atoms in total. The van der Waals surface area contributed by atoms with Crippen LogP contribution in [0, 0.1) is 0 Å². The lowest BCUT2D eigenvalue weighted by Crippen LogP contribution is -2.21. The third-order valence-electron chi connectivity index (χ3n) is 4.48. The van der Waals surface area contributed by atoms with Crippen molar-refractivity contribution in [3.05, 3.63) is 94.5 Å². The first kappa shape index (κ1) is 16.8. The standard InChI is InChI=1S/C22H17NO4/c1-26-20-11-10-14(12-19(20)24)13-27-23-21-15-6-2-4-8-17(15)22(25)18-9-5-3-7-16(18)21/h2-12,24H,13H2,1H3. The van der Waals surface area contributed by atoms with Crippen molar-refractivity contribution in [3.8, 4) is 11.5 Å². The zero-order valence-electron chi connectivity index (χ0n) is 14.7. The van der Waals surface area contributed by atoms with Gasteiger partial charge in [0, 0.05) is 22.3 Å². The third kappa shape index (κ3) is 3.04. The number of nitrogens with zero attached hydrogens (tertiary/aromatic N) is 1. The van der Waals surface area contributed by atoms with Crippen LogP contribution in [0.15, 0.2) is 71.9 Å². The fourth-order valence-corrected chi connectivity index (χ4v) is 3.16. The fraction of sp³-hybridized carbons (Fsp3) is 0.0909. The summed E-state index contributed by atoms with van der Waals surface area (Å²) < 4.78 is 5.04. The Labute approximate surface area is 156 Å². The van der Waals surface area contributed by atoms with Crippen molar-refractivity contribution in [1.29, 1.82) is 0 Å². The van der Waals surface area contributed by atoms with Crippen LogP contribution < -0.4 is 4.74 Å². The van der Waals surface area contributed by atoms with Gasteiger partial charge < -0.3 is 14.7 Å². The predicted molar refractivity (Wildman–Crippen MR) is 101 cm³/mol. The zero-order valence-corrected chi connectivity index (χ0v) is 14.7. The summed E-state index contributed by atoms with van der Waals surface area (Å²) in [5.41, 5.74) is 4.10. The maximum absolute atomic E-state index is 12.7. The second kappa shape index (κ2) is 6.96. The number of hydrogen-bond donors (Lipinski definition) is 1. The molecule has 0 saturated carbocycles. The SMILES string of the molecule is COc1ccc(CON=C2c3ccccc3C(=O)c3ccccc32)cc1O. The van der Waals surface area contributed by atoms with Gasteiger partial charge in [0.05, 0.1) is 7.11 Å². The molecule has 134 valence electrons. The molecule has 27 heavy (non-hydrogen) atoms. The molecule has 0 aromatic heterocycles. The summed E-state index contributed by atoms with van der Waals surface area (Å²) in [5, 5.41) is 14.2. The first-order valence-electron chi connectivity index (χ1n) is 8.48. The Balaban J connectivity index is 1.66. The molecule has 0 spiro atoms. The van der Waals surface area contributed by atoms with Crippen LogP contribution in [0.5, 0.6) is 11.5 Å². The quantitative estimate of drug-likeness (QED) is 0.561. The number of benzene rings is 3. The monoisotopic (exact) mass is 359 g/mol. The van der Waals surface area contributed by atoms with Gasteiger partial charge in [0.15, 0.2) is 17.3 Å². The van der Waals surface area contributed by atoms with Crippen molar-refractivity contribution >= 4 is 11.5 Å². The van der Waals surface area contributed by atoms with Crippen LogP contribution >= 0.6 is 0 Å². The molecule has 1 N–H and O–H groups in total. The van der Waals surface area contributed by atoms with Gasteiger partial charge >= 0.3 is 0 Å². The number of ketones is 1. The first-order chi connectivity index (χ1) is 13.2. The highest BCUT2D eigenvalue weighted by molar-refractivity contribution is 6.29. The number of hydrogen-bond acceptors (Lipinski definition) is 5. The molecule has 0 radical (unpaired) electrons. The molecule has 0 bridgehead atoms. The number of carbonyl (C=O) groups is 1. The normalized spacial score (nSPS) is 12.2. The number of phenols is 1. The van der Waals surface area contributed by atoms with Crippen molar-refractivity contribution < 1.29 is 19.5 Å². The largest absolute Gasteiger partial charge is 0.504 e. The van der Waals surface area contributed by atoms with Crippen LogP contribution in [0.4, 0.5) is 0 Å². The molecular formula is C22H17NO4. The number of fused-ring (bicyclic) bond motifs is 2. The smallest absolute Gasteiger partial charge is 0.194 e. The summed E-state index contributed by atoms with van der Waals surface area (Å²) in [6.45, 7) is 0.180. The van der Waals surface area contributed by atoms with Gasteiger partial charge in [-0.15, -0.1) is 0 Å². The summed E-state index contributed by atoms with van der Waals surface area (Å²) in [6, 6.07) is 19.8. The number of ether oxygens (including phenoxy) is 1. The minimum atomic E-state index is -0.0137. The number of rotatable bonds is 4. The van der Waals surface area contributed by atoms with E-state index in [4.69, 9.17) is 9.57 Å². The molecule has 1 aliphatic rings. The van der Waals surface area contributed by atoms with Crippen molar-refractivity contribution in [3.63, 3.8) is 0 Å². The van der Waals surface area contributed by atoms with Crippen molar-refractivity contribution in [2.75, 3.05) is 7.11 Å². The molecule has 3 aromatic carbocycles. The van der Waals surface area contributed by atoms with Crippen LogP contribution in [-0.4, -0.2) is 23.7 Å². The van der Waals surface area contributed by atoms with Crippen molar-refractivity contribution in [1.82, 2.24) is 0 Å². The van der Waals surface area contributed by atoms with Gasteiger partial charge in [-0.3, -0.25) is 4.79 Å². The van der Waals surface area contributed by atoms with E-state index >= 15 is 0 Å². The Morgan fingerprint density at radius 2 is 1.48 bits per heavy atom. The lowest BCUT2D eigenvalue weighted by atomic mass is 9.84. The van der Waals surface area contributed by atoms with E-state index in [1.165, 1.54) is 7.11 Å². The second-order valence-corrected chi connectivity index (χ2v) is 6.14. The van der Waals surface area contributed by atoms with Gasteiger partial charge in [0.1, 0.15) is 12.3 Å². The fourth-order valence-electron chi connectivity index (χ4n) is 3.16. The lowest BCUT2D eigenvalue weighted by molar-refractivity contribution is 0.103. The van der Waals surface area contributed by atoms with Gasteiger partial charge in [0.25, 0.3) is 0 Å². The van der Waals surface area contributed by atoms with Gasteiger partial charge in [-0.1, -0.05) is 59.8 Å². The van der Waals surface area contributed by atoms with Gasteiger partial charge in [-0.05, 0) is 17.7 Å². The second-order valence-electron chi connectivity index (χ2n) is 6.14. The number of aromatic hydroxyl groups is 1. The van der Waals surface area contributed by atoms with E-state index in [0.717, 1.165) is 16.7 Å².